The average Bonchev–Trinajstić information content (AvgIpc) is 3.23. The molecule has 0 spiro atoms. The number of carbonyl (C=O) groups excluding carboxylic acids is 2. The molecule has 0 bridgehead atoms. The Morgan fingerprint density at radius 2 is 1.85 bits per heavy atom. The van der Waals surface area contributed by atoms with E-state index in [1.807, 2.05) is 24.3 Å². The topological polar surface area (TPSA) is 137 Å². The molecule has 0 aliphatic rings. The number of benzene rings is 2. The van der Waals surface area contributed by atoms with Gasteiger partial charge in [0.1, 0.15) is 10.3 Å². The number of nitrogens with zero attached hydrogens (tertiary/aromatic N) is 4. The monoisotopic (exact) mass is 682 g/mol. The minimum absolute atomic E-state index is 0. The van der Waals surface area contributed by atoms with E-state index in [1.165, 1.54) is 16.9 Å². The number of fused-ring (bicyclic) bond motifs is 1. The molecule has 0 aliphatic carbocycles. The molecule has 4 N–H and O–H groups in total. The molecule has 2 aromatic heterocycles. The van der Waals surface area contributed by atoms with Crippen LogP contribution in [0.3, 0.4) is 0 Å². The summed E-state index contributed by atoms with van der Waals surface area (Å²) < 4.78 is 2.24. The molecule has 2 amide bonds. The molecule has 0 atom stereocenters. The predicted octanol–water partition coefficient (Wildman–Crippen LogP) is 4.84. The van der Waals surface area contributed by atoms with Crippen LogP contribution in [-0.4, -0.2) is 38.8 Å². The number of nitrogens with two attached hydrogens (primary N) is 1. The van der Waals surface area contributed by atoms with Crippen molar-refractivity contribution < 1.29 is 47.4 Å². The third kappa shape index (κ3) is 5.91. The number of amides is 2. The van der Waals surface area contributed by atoms with Gasteiger partial charge < -0.3 is 26.5 Å². The summed E-state index contributed by atoms with van der Waals surface area (Å²) in [7, 11) is 1.00. The molecular formula is C21H16Br2ClN6O3Y-. The van der Waals surface area contributed by atoms with Crippen LogP contribution in [0.5, 0.6) is 0 Å². The number of aliphatic hydroxyl groups is 1. The Morgan fingerprint density at radius 1 is 1.15 bits per heavy atom. The Bertz CT molecular complexity index is 1350. The SMILES string of the molecule is CO.N[N-]C(=O)c1cc2ccccc2c(Br)c1NC(=O)c1cc(Br)nn1-c1ncccc1Cl.[Y]. The maximum Gasteiger partial charge on any atom is 0.274 e. The van der Waals surface area contributed by atoms with Gasteiger partial charge in [0.25, 0.3) is 5.91 Å². The summed E-state index contributed by atoms with van der Waals surface area (Å²) in [5.74, 6) is 4.30. The zero-order valence-electron chi connectivity index (χ0n) is 17.5. The Labute approximate surface area is 241 Å². The fourth-order valence-corrected chi connectivity index (χ4v) is 4.30. The summed E-state index contributed by atoms with van der Waals surface area (Å²) in [6.45, 7) is 0. The summed E-state index contributed by atoms with van der Waals surface area (Å²) in [5, 5.41) is 15.9. The number of rotatable bonds is 4. The van der Waals surface area contributed by atoms with Gasteiger partial charge >= 0.3 is 0 Å². The molecule has 34 heavy (non-hydrogen) atoms. The van der Waals surface area contributed by atoms with Gasteiger partial charge in [0.05, 0.1) is 16.6 Å². The Morgan fingerprint density at radius 3 is 2.53 bits per heavy atom. The van der Waals surface area contributed by atoms with Gasteiger partial charge in [0, 0.05) is 62.1 Å². The van der Waals surface area contributed by atoms with Gasteiger partial charge in [-0.1, -0.05) is 35.9 Å². The van der Waals surface area contributed by atoms with Gasteiger partial charge in [0.2, 0.25) is 0 Å². The van der Waals surface area contributed by atoms with Gasteiger partial charge in [-0.25, -0.2) is 9.67 Å². The second-order valence-corrected chi connectivity index (χ2v) is 8.31. The van der Waals surface area contributed by atoms with Crippen LogP contribution in [-0.2, 0) is 32.7 Å². The minimum atomic E-state index is -0.677. The molecule has 9 nitrogen and oxygen atoms in total. The van der Waals surface area contributed by atoms with Crippen LogP contribution in [0.1, 0.15) is 20.8 Å². The minimum Gasteiger partial charge on any atom is -0.590 e. The van der Waals surface area contributed by atoms with E-state index in [-0.39, 0.29) is 55.5 Å². The fourth-order valence-electron chi connectivity index (χ4n) is 3.05. The first-order valence-corrected chi connectivity index (χ1v) is 11.2. The molecule has 2 aromatic carbocycles. The second kappa shape index (κ2) is 12.8. The van der Waals surface area contributed by atoms with Crippen molar-refractivity contribution in [2.24, 2.45) is 5.84 Å². The summed E-state index contributed by atoms with van der Waals surface area (Å²) >= 11 is 13.0. The Balaban J connectivity index is 0.00000133. The number of aliphatic hydroxyl groups excluding tert-OH is 1. The first kappa shape index (κ1) is 28.5. The van der Waals surface area contributed by atoms with Gasteiger partial charge in [-0.2, -0.15) is 5.10 Å². The molecule has 173 valence electrons. The molecule has 0 saturated carbocycles. The van der Waals surface area contributed by atoms with Crippen LogP contribution in [0.15, 0.2) is 63.8 Å². The van der Waals surface area contributed by atoms with E-state index in [2.05, 4.69) is 52.7 Å². The van der Waals surface area contributed by atoms with Crippen molar-refractivity contribution in [2.75, 3.05) is 12.4 Å². The number of carbonyl (C=O) groups is 2. The summed E-state index contributed by atoms with van der Waals surface area (Å²) in [5.41, 5.74) is 3.79. The van der Waals surface area contributed by atoms with Crippen LogP contribution >= 0.6 is 43.5 Å². The number of hydrogen-bond donors (Lipinski definition) is 3. The number of pyridine rings is 1. The van der Waals surface area contributed by atoms with Gasteiger partial charge in [-0.3, -0.25) is 4.79 Å². The van der Waals surface area contributed by atoms with Crippen LogP contribution in [0.4, 0.5) is 5.69 Å². The number of halogens is 3. The number of hydrogen-bond acceptors (Lipinski definition) is 6. The number of nitrogens with one attached hydrogen (secondary N) is 1. The van der Waals surface area contributed by atoms with E-state index in [0.29, 0.717) is 14.1 Å². The Hall–Kier alpha value is -1.73. The molecule has 13 heteroatoms. The smallest absolute Gasteiger partial charge is 0.274 e. The summed E-state index contributed by atoms with van der Waals surface area (Å²) in [6, 6.07) is 13.8. The maximum atomic E-state index is 13.2. The van der Waals surface area contributed by atoms with E-state index in [9.17, 15) is 9.59 Å². The van der Waals surface area contributed by atoms with Gasteiger partial charge in [-0.05, 0) is 60.8 Å². The van der Waals surface area contributed by atoms with Crippen LogP contribution in [0.25, 0.3) is 22.0 Å². The molecule has 0 saturated heterocycles. The van der Waals surface area contributed by atoms with E-state index in [0.717, 1.165) is 17.9 Å². The van der Waals surface area contributed by atoms with E-state index >= 15 is 0 Å². The number of anilines is 1. The number of aromatic nitrogens is 3. The van der Waals surface area contributed by atoms with E-state index in [4.69, 9.17) is 22.6 Å². The zero-order valence-corrected chi connectivity index (χ0v) is 24.3. The molecule has 0 unspecified atom stereocenters. The van der Waals surface area contributed by atoms with Crippen molar-refractivity contribution in [3.8, 4) is 5.82 Å². The molecular weight excluding hydrogens is 668 g/mol. The zero-order chi connectivity index (χ0) is 24.1. The second-order valence-electron chi connectivity index (χ2n) is 6.30. The predicted molar refractivity (Wildman–Crippen MR) is 134 cm³/mol. The summed E-state index contributed by atoms with van der Waals surface area (Å²) in [6.07, 6.45) is 1.54. The normalized spacial score (nSPS) is 10.1. The first-order valence-electron chi connectivity index (χ1n) is 9.19. The van der Waals surface area contributed by atoms with Crippen LogP contribution < -0.4 is 11.2 Å². The summed E-state index contributed by atoms with van der Waals surface area (Å²) in [4.78, 5) is 29.8. The van der Waals surface area contributed by atoms with Crippen LogP contribution in [0.2, 0.25) is 5.02 Å². The van der Waals surface area contributed by atoms with Gasteiger partial charge in [-0.15, -0.1) is 0 Å². The third-order valence-electron chi connectivity index (χ3n) is 4.42. The quantitative estimate of drug-likeness (QED) is 0.160. The molecule has 2 heterocycles. The maximum absolute atomic E-state index is 13.2. The molecule has 0 aliphatic heterocycles. The largest absolute Gasteiger partial charge is 0.590 e. The molecule has 4 aromatic rings. The molecule has 1 radical (unpaired) electrons. The first-order chi connectivity index (χ1) is 15.9. The van der Waals surface area contributed by atoms with E-state index < -0.39 is 11.8 Å². The fraction of sp³-hybridized carbons (Fsp3) is 0.0476. The van der Waals surface area contributed by atoms with Crippen molar-refractivity contribution in [3.63, 3.8) is 0 Å². The Kier molecular flexibility index (Phi) is 10.8. The van der Waals surface area contributed by atoms with Crippen molar-refractivity contribution in [3.05, 3.63) is 85.5 Å². The molecule has 4 rings (SSSR count). The standard InChI is InChI=1S/C20H13Br2ClN6O2.CH4O.Y/c21-15-9-14(29(28-15)18-13(23)6-3-7-25-18)20(31)26-17-12(19(30)27-24)8-10-4-1-2-5-11(10)16(17)22;1-2;/h1-9H,(H4,24,26,27,28,30,31);2H,1H3;/p-1. The molecule has 0 fully saturated rings. The van der Waals surface area contributed by atoms with Crippen molar-refractivity contribution in [1.82, 2.24) is 14.8 Å². The van der Waals surface area contributed by atoms with Crippen molar-refractivity contribution in [2.45, 2.75) is 0 Å². The van der Waals surface area contributed by atoms with Crippen LogP contribution in [0, 0.1) is 0 Å². The van der Waals surface area contributed by atoms with Crippen molar-refractivity contribution >= 4 is 71.7 Å². The average molecular weight is 685 g/mol. The van der Waals surface area contributed by atoms with Gasteiger partial charge in [0.15, 0.2) is 5.82 Å². The van der Waals surface area contributed by atoms with E-state index in [1.54, 1.807) is 18.2 Å². The third-order valence-corrected chi connectivity index (χ3v) is 5.93. The van der Waals surface area contributed by atoms with Crippen molar-refractivity contribution in [1.29, 1.82) is 0 Å².